The second kappa shape index (κ2) is 6.96. The van der Waals surface area contributed by atoms with Gasteiger partial charge in [-0.05, 0) is 47.4 Å². The summed E-state index contributed by atoms with van der Waals surface area (Å²) in [6.45, 7) is 0. The lowest BCUT2D eigenvalue weighted by atomic mass is 9.80. The summed E-state index contributed by atoms with van der Waals surface area (Å²) in [6, 6.07) is 15.9. The van der Waals surface area contributed by atoms with Crippen molar-refractivity contribution < 1.29 is 19.2 Å². The van der Waals surface area contributed by atoms with E-state index in [2.05, 4.69) is 5.32 Å². The van der Waals surface area contributed by atoms with Crippen LogP contribution < -0.4 is 10.8 Å². The van der Waals surface area contributed by atoms with Crippen LogP contribution in [-0.2, 0) is 0 Å². The maximum absolute atomic E-state index is 13.3. The molecule has 1 amide bonds. The minimum atomic E-state index is -1.59. The van der Waals surface area contributed by atoms with E-state index in [-0.39, 0.29) is 11.7 Å². The Morgan fingerprint density at radius 1 is 1.04 bits per heavy atom. The zero-order valence-corrected chi connectivity index (χ0v) is 13.3. The molecule has 0 spiro atoms. The Labute approximate surface area is 142 Å². The average Bonchev–Trinajstić information content (AvgIpc) is 3.05. The molecule has 7 heteroatoms. The van der Waals surface area contributed by atoms with E-state index in [4.69, 9.17) is 10.0 Å². The summed E-state index contributed by atoms with van der Waals surface area (Å²) < 4.78 is 13.3. The Bertz CT molecular complexity index is 882. The third-order valence-corrected chi connectivity index (χ3v) is 4.51. The smallest absolute Gasteiger partial charge is 0.423 e. The number of hydrogen-bond donors (Lipinski definition) is 3. The number of nitrogens with one attached hydrogen (secondary N) is 1. The second-order valence-electron chi connectivity index (χ2n) is 5.13. The Kier molecular flexibility index (Phi) is 4.75. The van der Waals surface area contributed by atoms with Crippen LogP contribution in [0, 0.1) is 5.82 Å². The quantitative estimate of drug-likeness (QED) is 0.639. The molecule has 0 aliphatic heterocycles. The van der Waals surface area contributed by atoms with Gasteiger partial charge in [0.25, 0.3) is 5.91 Å². The van der Waals surface area contributed by atoms with Crippen LogP contribution >= 0.6 is 11.3 Å². The molecule has 0 atom stereocenters. The molecule has 3 aromatic rings. The van der Waals surface area contributed by atoms with Crippen molar-refractivity contribution in [3.8, 4) is 10.4 Å². The van der Waals surface area contributed by atoms with Crippen LogP contribution in [0.5, 0.6) is 0 Å². The largest absolute Gasteiger partial charge is 0.488 e. The highest BCUT2D eigenvalue weighted by atomic mass is 32.1. The van der Waals surface area contributed by atoms with Gasteiger partial charge < -0.3 is 15.4 Å². The van der Waals surface area contributed by atoms with Gasteiger partial charge >= 0.3 is 7.12 Å². The van der Waals surface area contributed by atoms with E-state index in [0.29, 0.717) is 21.6 Å². The van der Waals surface area contributed by atoms with Crippen LogP contribution in [0.25, 0.3) is 10.4 Å². The maximum atomic E-state index is 13.3. The SMILES string of the molecule is O=C(Nc1cccc(B(O)O)c1)c1ccc(-c2cccc(F)c2)s1. The predicted octanol–water partition coefficient (Wildman–Crippen LogP) is 2.49. The summed E-state index contributed by atoms with van der Waals surface area (Å²) in [6.07, 6.45) is 0. The average molecular weight is 341 g/mol. The zero-order valence-electron chi connectivity index (χ0n) is 12.4. The minimum absolute atomic E-state index is 0.291. The van der Waals surface area contributed by atoms with Crippen molar-refractivity contribution in [3.63, 3.8) is 0 Å². The molecule has 1 heterocycles. The van der Waals surface area contributed by atoms with Crippen LogP contribution in [0.3, 0.4) is 0 Å². The predicted molar refractivity (Wildman–Crippen MR) is 93.9 cm³/mol. The Morgan fingerprint density at radius 3 is 2.58 bits per heavy atom. The van der Waals surface area contributed by atoms with E-state index in [9.17, 15) is 9.18 Å². The fraction of sp³-hybridized carbons (Fsp3) is 0. The fourth-order valence-corrected chi connectivity index (χ4v) is 3.12. The number of halogens is 1. The summed E-state index contributed by atoms with van der Waals surface area (Å²) in [4.78, 5) is 13.6. The van der Waals surface area contributed by atoms with E-state index in [0.717, 1.165) is 4.88 Å². The van der Waals surface area contributed by atoms with Gasteiger partial charge in [-0.2, -0.15) is 0 Å². The lowest BCUT2D eigenvalue weighted by Gasteiger charge is -2.06. The van der Waals surface area contributed by atoms with E-state index in [1.807, 2.05) is 0 Å². The fourth-order valence-electron chi connectivity index (χ4n) is 2.23. The van der Waals surface area contributed by atoms with Gasteiger partial charge in [0.15, 0.2) is 0 Å². The normalized spacial score (nSPS) is 10.5. The highest BCUT2D eigenvalue weighted by Crippen LogP contribution is 2.29. The van der Waals surface area contributed by atoms with Crippen molar-refractivity contribution in [2.24, 2.45) is 0 Å². The zero-order chi connectivity index (χ0) is 17.1. The summed E-state index contributed by atoms with van der Waals surface area (Å²) in [5.74, 6) is -0.640. The molecule has 3 N–H and O–H groups in total. The maximum Gasteiger partial charge on any atom is 0.488 e. The van der Waals surface area contributed by atoms with Crippen LogP contribution in [0.4, 0.5) is 10.1 Å². The molecule has 0 fully saturated rings. The molecule has 0 unspecified atom stereocenters. The minimum Gasteiger partial charge on any atom is -0.423 e. The van der Waals surface area contributed by atoms with Gasteiger partial charge in [-0.1, -0.05) is 24.3 Å². The molecule has 0 saturated heterocycles. The lowest BCUT2D eigenvalue weighted by molar-refractivity contribution is 0.103. The number of thiophene rings is 1. The molecule has 0 radical (unpaired) electrons. The van der Waals surface area contributed by atoms with Gasteiger partial charge in [0.2, 0.25) is 0 Å². The van der Waals surface area contributed by atoms with Gasteiger partial charge in [0.1, 0.15) is 5.82 Å². The number of carbonyl (C=O) groups excluding carboxylic acids is 1. The summed E-state index contributed by atoms with van der Waals surface area (Å²) >= 11 is 1.26. The van der Waals surface area contributed by atoms with Gasteiger partial charge in [-0.3, -0.25) is 4.79 Å². The van der Waals surface area contributed by atoms with Crippen molar-refractivity contribution in [2.45, 2.75) is 0 Å². The molecule has 24 heavy (non-hydrogen) atoms. The van der Waals surface area contributed by atoms with Crippen molar-refractivity contribution in [3.05, 3.63) is 71.4 Å². The van der Waals surface area contributed by atoms with Gasteiger partial charge in [0, 0.05) is 10.6 Å². The first-order chi connectivity index (χ1) is 11.5. The first-order valence-corrected chi connectivity index (χ1v) is 7.98. The molecular weight excluding hydrogens is 328 g/mol. The van der Waals surface area contributed by atoms with Gasteiger partial charge in [0.05, 0.1) is 4.88 Å². The number of amides is 1. The number of anilines is 1. The highest BCUT2D eigenvalue weighted by Gasteiger charge is 2.14. The van der Waals surface area contributed by atoms with E-state index >= 15 is 0 Å². The van der Waals surface area contributed by atoms with E-state index < -0.39 is 7.12 Å². The molecule has 1 aromatic heterocycles. The third kappa shape index (κ3) is 3.71. The molecule has 3 rings (SSSR count). The molecule has 0 aliphatic rings. The second-order valence-corrected chi connectivity index (χ2v) is 6.21. The number of carbonyl (C=O) groups is 1. The molecule has 0 aliphatic carbocycles. The number of hydrogen-bond acceptors (Lipinski definition) is 4. The van der Waals surface area contributed by atoms with Gasteiger partial charge in [-0.25, -0.2) is 4.39 Å². The Morgan fingerprint density at radius 2 is 1.83 bits per heavy atom. The monoisotopic (exact) mass is 341 g/mol. The molecule has 120 valence electrons. The van der Waals surface area contributed by atoms with E-state index in [1.54, 1.807) is 42.5 Å². The van der Waals surface area contributed by atoms with Crippen LogP contribution in [0.1, 0.15) is 9.67 Å². The number of rotatable bonds is 4. The third-order valence-electron chi connectivity index (χ3n) is 3.38. The van der Waals surface area contributed by atoms with Crippen molar-refractivity contribution >= 4 is 35.5 Å². The molecule has 0 bridgehead atoms. The van der Waals surface area contributed by atoms with Crippen LogP contribution in [0.15, 0.2) is 60.7 Å². The Balaban J connectivity index is 1.78. The summed E-state index contributed by atoms with van der Waals surface area (Å²) in [5, 5.41) is 21.0. The highest BCUT2D eigenvalue weighted by molar-refractivity contribution is 7.17. The molecule has 4 nitrogen and oxygen atoms in total. The van der Waals surface area contributed by atoms with Crippen molar-refractivity contribution in [1.82, 2.24) is 0 Å². The molecular formula is C17H13BFNO3S. The first-order valence-electron chi connectivity index (χ1n) is 7.16. The summed E-state index contributed by atoms with van der Waals surface area (Å²) in [7, 11) is -1.59. The topological polar surface area (TPSA) is 69.6 Å². The van der Waals surface area contributed by atoms with Crippen LogP contribution in [-0.4, -0.2) is 23.1 Å². The van der Waals surface area contributed by atoms with Crippen molar-refractivity contribution in [1.29, 1.82) is 0 Å². The number of benzene rings is 2. The molecule has 0 saturated carbocycles. The summed E-state index contributed by atoms with van der Waals surface area (Å²) in [5.41, 5.74) is 1.47. The Hall–Kier alpha value is -2.48. The standard InChI is InChI=1S/C17H13BFNO3S/c19-13-5-1-3-11(9-13)15-7-8-16(24-15)17(21)20-14-6-2-4-12(10-14)18(22)23/h1-10,22-23H,(H,20,21). The van der Waals surface area contributed by atoms with Crippen molar-refractivity contribution in [2.75, 3.05) is 5.32 Å². The first kappa shape index (κ1) is 16.4. The van der Waals surface area contributed by atoms with Gasteiger partial charge in [-0.15, -0.1) is 11.3 Å². The lowest BCUT2D eigenvalue weighted by Crippen LogP contribution is -2.30. The van der Waals surface area contributed by atoms with Crippen LogP contribution in [0.2, 0.25) is 0 Å². The molecule has 2 aromatic carbocycles. The van der Waals surface area contributed by atoms with E-state index in [1.165, 1.54) is 29.5 Å².